The van der Waals surface area contributed by atoms with Crippen LogP contribution < -0.4 is 9.47 Å². The van der Waals surface area contributed by atoms with E-state index in [9.17, 15) is 9.59 Å². The number of ether oxygens (including phenoxy) is 2. The molecule has 0 bridgehead atoms. The van der Waals surface area contributed by atoms with Gasteiger partial charge in [-0.1, -0.05) is 109 Å². The monoisotopic (exact) mass is 570 g/mol. The highest BCUT2D eigenvalue weighted by atomic mass is 16.5. The molecule has 0 unspecified atom stereocenters. The molecule has 4 rings (SSSR count). The third-order valence-electron chi connectivity index (χ3n) is 9.88. The fourth-order valence-corrected chi connectivity index (χ4v) is 7.20. The lowest BCUT2D eigenvalue weighted by Crippen LogP contribution is -2.33. The van der Waals surface area contributed by atoms with Crippen molar-refractivity contribution in [2.24, 2.45) is 17.8 Å². The van der Waals surface area contributed by atoms with Gasteiger partial charge in [-0.15, -0.1) is 0 Å². The van der Waals surface area contributed by atoms with E-state index in [0.717, 1.165) is 30.6 Å². The maximum Gasteiger partial charge on any atom is 0.338 e. The fourth-order valence-electron chi connectivity index (χ4n) is 7.20. The van der Waals surface area contributed by atoms with Crippen molar-refractivity contribution in [3.05, 3.63) is 84.5 Å². The van der Waals surface area contributed by atoms with Gasteiger partial charge in [0, 0.05) is 17.1 Å². The number of esters is 2. The van der Waals surface area contributed by atoms with Gasteiger partial charge in [0.2, 0.25) is 0 Å². The summed E-state index contributed by atoms with van der Waals surface area (Å²) in [6.45, 7) is 11.1. The van der Waals surface area contributed by atoms with Gasteiger partial charge in [0.1, 0.15) is 11.5 Å². The van der Waals surface area contributed by atoms with Crippen LogP contribution in [0.4, 0.5) is 0 Å². The molecule has 0 spiro atoms. The molecule has 2 aliphatic carbocycles. The van der Waals surface area contributed by atoms with Crippen molar-refractivity contribution in [3.8, 4) is 11.5 Å². The van der Waals surface area contributed by atoms with E-state index in [-0.39, 0.29) is 5.41 Å². The highest BCUT2D eigenvalue weighted by Crippen LogP contribution is 2.48. The highest BCUT2D eigenvalue weighted by Gasteiger charge is 2.38. The molecule has 0 atom stereocenters. The zero-order chi connectivity index (χ0) is 30.0. The standard InChI is InChI=1S/C38H50O4/c1-5-7-8-9-29-10-12-30(13-11-29)14-15-31-24-26-38(27-25-31,32-16-20-34(21-17-32)41-36(39)6-2)33-18-22-35(23-19-33)42-37(40)28(3)4/h6,16-23,29-31H,2-3,5,7-15,24-27H2,1,4H3. The third kappa shape index (κ3) is 8.46. The van der Waals surface area contributed by atoms with Crippen molar-refractivity contribution in [1.82, 2.24) is 0 Å². The molecule has 4 nitrogen and oxygen atoms in total. The summed E-state index contributed by atoms with van der Waals surface area (Å²) in [4.78, 5) is 23.7. The lowest BCUT2D eigenvalue weighted by molar-refractivity contribution is -0.130. The number of carbonyl (C=O) groups excluding carboxylic acids is 2. The Hall–Kier alpha value is -3.14. The van der Waals surface area contributed by atoms with Crippen LogP contribution >= 0.6 is 0 Å². The van der Waals surface area contributed by atoms with Crippen molar-refractivity contribution in [3.63, 3.8) is 0 Å². The Labute approximate surface area is 253 Å². The second kappa shape index (κ2) is 15.4. The highest BCUT2D eigenvalue weighted by molar-refractivity contribution is 5.88. The van der Waals surface area contributed by atoms with Crippen molar-refractivity contribution in [2.45, 2.75) is 109 Å². The normalized spacial score (nSPS) is 24.0. The van der Waals surface area contributed by atoms with Crippen LogP contribution in [0, 0.1) is 17.8 Å². The van der Waals surface area contributed by atoms with Crippen LogP contribution in [0.3, 0.4) is 0 Å². The van der Waals surface area contributed by atoms with Gasteiger partial charge in [-0.2, -0.15) is 0 Å². The quantitative estimate of drug-likeness (QED) is 0.104. The number of unbranched alkanes of at least 4 members (excludes halogenated alkanes) is 2. The number of hydrogen-bond donors (Lipinski definition) is 0. The molecule has 4 heteroatoms. The molecule has 2 fully saturated rings. The Bertz CT molecular complexity index is 1180. The summed E-state index contributed by atoms with van der Waals surface area (Å²) in [7, 11) is 0. The molecule has 226 valence electrons. The number of carbonyl (C=O) groups is 2. The first-order valence-corrected chi connectivity index (χ1v) is 16.3. The minimum absolute atomic E-state index is 0.134. The summed E-state index contributed by atoms with van der Waals surface area (Å²) in [6.07, 6.45) is 19.8. The predicted molar refractivity (Wildman–Crippen MR) is 171 cm³/mol. The fraction of sp³-hybridized carbons (Fsp3) is 0.526. The first-order valence-electron chi connectivity index (χ1n) is 16.3. The minimum Gasteiger partial charge on any atom is -0.423 e. The van der Waals surface area contributed by atoms with Crippen LogP contribution in [-0.2, 0) is 15.0 Å². The first kappa shape index (κ1) is 31.8. The van der Waals surface area contributed by atoms with Gasteiger partial charge in [-0.25, -0.2) is 9.59 Å². The Kier molecular flexibility index (Phi) is 11.6. The maximum absolute atomic E-state index is 12.0. The zero-order valence-corrected chi connectivity index (χ0v) is 25.9. The first-order chi connectivity index (χ1) is 20.3. The summed E-state index contributed by atoms with van der Waals surface area (Å²) in [5.41, 5.74) is 2.71. The summed E-state index contributed by atoms with van der Waals surface area (Å²) < 4.78 is 10.8. The zero-order valence-electron chi connectivity index (χ0n) is 25.9. The van der Waals surface area contributed by atoms with Crippen molar-refractivity contribution >= 4 is 11.9 Å². The molecule has 2 aromatic rings. The molecule has 0 aromatic heterocycles. The molecule has 2 saturated carbocycles. The molecule has 0 radical (unpaired) electrons. The summed E-state index contributed by atoms with van der Waals surface area (Å²) in [6, 6.07) is 15.9. The minimum atomic E-state index is -0.456. The molecule has 0 aliphatic heterocycles. The SMILES string of the molecule is C=CC(=O)Oc1ccc(C2(c3ccc(OC(=O)C(=C)C)cc3)CCC(CCC3CCC(CCCCC)CC3)CC2)cc1. The van der Waals surface area contributed by atoms with Crippen molar-refractivity contribution in [2.75, 3.05) is 0 Å². The molecule has 0 amide bonds. The second-order valence-electron chi connectivity index (χ2n) is 12.8. The third-order valence-corrected chi connectivity index (χ3v) is 9.88. The van der Waals surface area contributed by atoms with Crippen LogP contribution in [0.15, 0.2) is 73.3 Å². The maximum atomic E-state index is 12.0. The van der Waals surface area contributed by atoms with Gasteiger partial charge < -0.3 is 9.47 Å². The Morgan fingerprint density at radius 2 is 1.24 bits per heavy atom. The van der Waals surface area contributed by atoms with Crippen LogP contribution in [0.25, 0.3) is 0 Å². The van der Waals surface area contributed by atoms with Gasteiger partial charge >= 0.3 is 11.9 Å². The molecule has 0 saturated heterocycles. The van der Waals surface area contributed by atoms with Crippen LogP contribution in [0.1, 0.15) is 115 Å². The van der Waals surface area contributed by atoms with E-state index in [1.165, 1.54) is 94.3 Å². The van der Waals surface area contributed by atoms with E-state index in [1.807, 2.05) is 24.3 Å². The predicted octanol–water partition coefficient (Wildman–Crippen LogP) is 9.90. The largest absolute Gasteiger partial charge is 0.423 e. The lowest BCUT2D eigenvalue weighted by atomic mass is 9.62. The van der Waals surface area contributed by atoms with Gasteiger partial charge in [0.25, 0.3) is 0 Å². The average molecular weight is 571 g/mol. The average Bonchev–Trinajstić information content (AvgIpc) is 3.01. The van der Waals surface area contributed by atoms with E-state index >= 15 is 0 Å². The summed E-state index contributed by atoms with van der Waals surface area (Å²) >= 11 is 0. The topological polar surface area (TPSA) is 52.6 Å². The van der Waals surface area contributed by atoms with Crippen LogP contribution in [0.5, 0.6) is 11.5 Å². The van der Waals surface area contributed by atoms with E-state index in [0.29, 0.717) is 17.1 Å². The molecule has 0 heterocycles. The van der Waals surface area contributed by atoms with E-state index in [1.54, 1.807) is 6.92 Å². The molecule has 42 heavy (non-hydrogen) atoms. The Morgan fingerprint density at radius 1 is 0.762 bits per heavy atom. The second-order valence-corrected chi connectivity index (χ2v) is 12.8. The van der Waals surface area contributed by atoms with E-state index in [2.05, 4.69) is 44.3 Å². The van der Waals surface area contributed by atoms with Crippen molar-refractivity contribution in [1.29, 1.82) is 0 Å². The number of rotatable bonds is 13. The number of benzene rings is 2. The molecule has 2 aliphatic rings. The number of hydrogen-bond acceptors (Lipinski definition) is 4. The van der Waals surface area contributed by atoms with E-state index in [4.69, 9.17) is 9.47 Å². The molecule has 2 aromatic carbocycles. The molecular formula is C38H50O4. The van der Waals surface area contributed by atoms with E-state index < -0.39 is 11.9 Å². The smallest absolute Gasteiger partial charge is 0.338 e. The van der Waals surface area contributed by atoms with Gasteiger partial charge in [0.15, 0.2) is 0 Å². The van der Waals surface area contributed by atoms with Gasteiger partial charge in [0.05, 0.1) is 0 Å². The van der Waals surface area contributed by atoms with Crippen LogP contribution in [-0.4, -0.2) is 11.9 Å². The summed E-state index contributed by atoms with van der Waals surface area (Å²) in [5.74, 6) is 2.85. The molecule has 0 N–H and O–H groups in total. The summed E-state index contributed by atoms with van der Waals surface area (Å²) in [5, 5.41) is 0. The lowest BCUT2D eigenvalue weighted by Gasteiger charge is -2.42. The molecular weight excluding hydrogens is 520 g/mol. The Morgan fingerprint density at radius 3 is 1.71 bits per heavy atom. The van der Waals surface area contributed by atoms with Gasteiger partial charge in [-0.05, 0) is 85.8 Å². The van der Waals surface area contributed by atoms with Crippen molar-refractivity contribution < 1.29 is 19.1 Å². The van der Waals surface area contributed by atoms with Gasteiger partial charge in [-0.3, -0.25) is 0 Å². The Balaban J connectivity index is 1.41. The van der Waals surface area contributed by atoms with Crippen LogP contribution in [0.2, 0.25) is 0 Å².